The quantitative estimate of drug-likeness (QED) is 0.728. The first-order valence-corrected chi connectivity index (χ1v) is 6.43. The molecule has 0 aliphatic carbocycles. The number of halogens is 2. The van der Waals surface area contributed by atoms with Crippen LogP contribution >= 0.6 is 27.5 Å². The molecule has 0 spiro atoms. The van der Waals surface area contributed by atoms with E-state index in [-0.39, 0.29) is 11.3 Å². The van der Waals surface area contributed by atoms with Crippen molar-refractivity contribution in [2.24, 2.45) is 0 Å². The lowest BCUT2D eigenvalue weighted by Crippen LogP contribution is -2.25. The van der Waals surface area contributed by atoms with Crippen molar-refractivity contribution in [2.45, 2.75) is 25.6 Å². The molecule has 1 atom stereocenters. The molecule has 1 heterocycles. The van der Waals surface area contributed by atoms with Gasteiger partial charge in [-0.2, -0.15) is 0 Å². The Balaban J connectivity index is 2.44. The Hall–Kier alpha value is -0.540. The maximum absolute atomic E-state index is 11.8. The van der Waals surface area contributed by atoms with Gasteiger partial charge in [-0.3, -0.25) is 4.79 Å². The Labute approximate surface area is 109 Å². The molecule has 0 bridgehead atoms. The third-order valence-corrected chi connectivity index (χ3v) is 3.64. The van der Waals surface area contributed by atoms with E-state index in [2.05, 4.69) is 22.0 Å². The number of hydrogen-bond donors (Lipinski definition) is 0. The van der Waals surface area contributed by atoms with E-state index in [1.165, 1.54) is 5.56 Å². The van der Waals surface area contributed by atoms with Gasteiger partial charge in [0, 0.05) is 17.4 Å². The second kappa shape index (κ2) is 4.38. The summed E-state index contributed by atoms with van der Waals surface area (Å²) in [5.41, 5.74) is 3.24. The fourth-order valence-corrected chi connectivity index (χ4v) is 3.29. The van der Waals surface area contributed by atoms with Crippen LogP contribution in [0.2, 0.25) is 0 Å². The van der Waals surface area contributed by atoms with E-state index in [4.69, 9.17) is 11.6 Å². The van der Waals surface area contributed by atoms with Crippen LogP contribution in [0.5, 0.6) is 0 Å². The molecule has 2 nitrogen and oxygen atoms in total. The second-order valence-electron chi connectivity index (χ2n) is 4.22. The molecule has 0 radical (unpaired) electrons. The van der Waals surface area contributed by atoms with Crippen LogP contribution in [-0.4, -0.2) is 17.8 Å². The molecular formula is C12H13BrClNO. The van der Waals surface area contributed by atoms with Crippen molar-refractivity contribution in [1.29, 1.82) is 0 Å². The van der Waals surface area contributed by atoms with Gasteiger partial charge in [-0.25, -0.2) is 0 Å². The predicted octanol–water partition coefficient (Wildman–Crippen LogP) is 3.41. The molecule has 1 aromatic rings. The number of rotatable bonds is 1. The number of benzene rings is 1. The number of aryl methyl sites for hydroxylation is 2. The SMILES string of the molecule is Cc1cc(C)c(N2CC(Cl)CC2=O)c(Br)c1. The zero-order valence-electron chi connectivity index (χ0n) is 9.26. The van der Waals surface area contributed by atoms with Crippen LogP contribution in [0.3, 0.4) is 0 Å². The summed E-state index contributed by atoms with van der Waals surface area (Å²) in [5, 5.41) is -0.0693. The minimum atomic E-state index is -0.0693. The Morgan fingerprint density at radius 2 is 2.12 bits per heavy atom. The van der Waals surface area contributed by atoms with Crippen molar-refractivity contribution in [3.05, 3.63) is 27.7 Å². The lowest BCUT2D eigenvalue weighted by atomic mass is 10.1. The fourth-order valence-electron chi connectivity index (χ4n) is 2.13. The molecule has 4 heteroatoms. The predicted molar refractivity (Wildman–Crippen MR) is 70.2 cm³/mol. The van der Waals surface area contributed by atoms with Crippen molar-refractivity contribution in [2.75, 3.05) is 11.4 Å². The van der Waals surface area contributed by atoms with Gasteiger partial charge in [-0.05, 0) is 47.0 Å². The first kappa shape index (κ1) is 11.9. The highest BCUT2D eigenvalue weighted by molar-refractivity contribution is 9.10. The molecule has 16 heavy (non-hydrogen) atoms. The number of alkyl halides is 1. The molecule has 1 unspecified atom stereocenters. The van der Waals surface area contributed by atoms with Crippen molar-refractivity contribution < 1.29 is 4.79 Å². The Bertz CT molecular complexity index is 424. The molecule has 1 aliphatic heterocycles. The molecule has 1 aliphatic rings. The van der Waals surface area contributed by atoms with Crippen molar-refractivity contribution in [3.8, 4) is 0 Å². The van der Waals surface area contributed by atoms with E-state index in [0.717, 1.165) is 15.7 Å². The smallest absolute Gasteiger partial charge is 0.228 e. The topological polar surface area (TPSA) is 20.3 Å². The molecule has 0 aromatic heterocycles. The van der Waals surface area contributed by atoms with E-state index in [1.54, 1.807) is 4.90 Å². The Morgan fingerprint density at radius 1 is 1.44 bits per heavy atom. The average Bonchev–Trinajstić information content (AvgIpc) is 2.43. The zero-order valence-corrected chi connectivity index (χ0v) is 11.6. The summed E-state index contributed by atoms with van der Waals surface area (Å²) >= 11 is 9.53. The highest BCUT2D eigenvalue weighted by atomic mass is 79.9. The molecule has 1 fully saturated rings. The highest BCUT2D eigenvalue weighted by Crippen LogP contribution is 2.34. The summed E-state index contributed by atoms with van der Waals surface area (Å²) in [5.74, 6) is 0.104. The minimum absolute atomic E-state index is 0.0693. The van der Waals surface area contributed by atoms with Gasteiger partial charge in [0.15, 0.2) is 0 Å². The number of amides is 1. The Morgan fingerprint density at radius 3 is 2.62 bits per heavy atom. The number of nitrogens with zero attached hydrogens (tertiary/aromatic N) is 1. The summed E-state index contributed by atoms with van der Waals surface area (Å²) < 4.78 is 0.962. The van der Waals surface area contributed by atoms with Crippen LogP contribution in [0, 0.1) is 13.8 Å². The summed E-state index contributed by atoms with van der Waals surface area (Å²) in [6, 6.07) is 4.10. The molecule has 0 N–H and O–H groups in total. The van der Waals surface area contributed by atoms with Gasteiger partial charge in [0.2, 0.25) is 5.91 Å². The summed E-state index contributed by atoms with van der Waals surface area (Å²) in [7, 11) is 0. The van der Waals surface area contributed by atoms with Gasteiger partial charge < -0.3 is 4.90 Å². The largest absolute Gasteiger partial charge is 0.309 e. The van der Waals surface area contributed by atoms with Crippen LogP contribution in [0.25, 0.3) is 0 Å². The summed E-state index contributed by atoms with van der Waals surface area (Å²) in [4.78, 5) is 13.6. The average molecular weight is 303 g/mol. The Kier molecular flexibility index (Phi) is 3.27. The van der Waals surface area contributed by atoms with Gasteiger partial charge in [-0.15, -0.1) is 11.6 Å². The van der Waals surface area contributed by atoms with Crippen LogP contribution in [0.4, 0.5) is 5.69 Å². The fraction of sp³-hybridized carbons (Fsp3) is 0.417. The van der Waals surface area contributed by atoms with Gasteiger partial charge in [0.25, 0.3) is 0 Å². The lowest BCUT2D eigenvalue weighted by molar-refractivity contribution is -0.117. The first-order chi connectivity index (χ1) is 7.49. The van der Waals surface area contributed by atoms with Crippen LogP contribution in [0.1, 0.15) is 17.5 Å². The molecule has 1 aromatic carbocycles. The maximum Gasteiger partial charge on any atom is 0.228 e. The van der Waals surface area contributed by atoms with Crippen LogP contribution < -0.4 is 4.90 Å². The molecule has 1 amide bonds. The third-order valence-electron chi connectivity index (χ3n) is 2.75. The van der Waals surface area contributed by atoms with Crippen LogP contribution in [0.15, 0.2) is 16.6 Å². The monoisotopic (exact) mass is 301 g/mol. The zero-order chi connectivity index (χ0) is 11.9. The van der Waals surface area contributed by atoms with Gasteiger partial charge >= 0.3 is 0 Å². The van der Waals surface area contributed by atoms with Gasteiger partial charge in [-0.1, -0.05) is 6.07 Å². The number of hydrogen-bond acceptors (Lipinski definition) is 1. The summed E-state index contributed by atoms with van der Waals surface area (Å²) in [6.07, 6.45) is 0.432. The molecule has 1 saturated heterocycles. The molecule has 2 rings (SSSR count). The molecule has 86 valence electrons. The highest BCUT2D eigenvalue weighted by Gasteiger charge is 2.31. The van der Waals surface area contributed by atoms with E-state index in [9.17, 15) is 4.79 Å². The van der Waals surface area contributed by atoms with E-state index in [0.29, 0.717) is 13.0 Å². The second-order valence-corrected chi connectivity index (χ2v) is 5.69. The van der Waals surface area contributed by atoms with E-state index < -0.39 is 0 Å². The number of carbonyl (C=O) groups is 1. The minimum Gasteiger partial charge on any atom is -0.309 e. The number of carbonyl (C=O) groups excluding carboxylic acids is 1. The maximum atomic E-state index is 11.8. The van der Waals surface area contributed by atoms with Crippen molar-refractivity contribution >= 4 is 39.1 Å². The van der Waals surface area contributed by atoms with Crippen molar-refractivity contribution in [3.63, 3.8) is 0 Å². The lowest BCUT2D eigenvalue weighted by Gasteiger charge is -2.20. The summed E-state index contributed by atoms with van der Waals surface area (Å²) in [6.45, 7) is 4.66. The van der Waals surface area contributed by atoms with Crippen LogP contribution in [-0.2, 0) is 4.79 Å². The molecule has 0 saturated carbocycles. The standard InChI is InChI=1S/C12H13BrClNO/c1-7-3-8(2)12(10(13)4-7)15-6-9(14)5-11(15)16/h3-4,9H,5-6H2,1-2H3. The normalized spacial score (nSPS) is 20.6. The van der Waals surface area contributed by atoms with E-state index >= 15 is 0 Å². The molecular weight excluding hydrogens is 289 g/mol. The van der Waals surface area contributed by atoms with E-state index in [1.807, 2.05) is 19.9 Å². The first-order valence-electron chi connectivity index (χ1n) is 5.20. The van der Waals surface area contributed by atoms with Crippen molar-refractivity contribution in [1.82, 2.24) is 0 Å². The van der Waals surface area contributed by atoms with Gasteiger partial charge in [0.05, 0.1) is 11.1 Å². The van der Waals surface area contributed by atoms with Gasteiger partial charge in [0.1, 0.15) is 0 Å². The number of anilines is 1. The third kappa shape index (κ3) is 2.11.